The zero-order chi connectivity index (χ0) is 14.8. The van der Waals surface area contributed by atoms with E-state index in [0.29, 0.717) is 6.61 Å². The molecule has 0 bridgehead atoms. The van der Waals surface area contributed by atoms with E-state index in [4.69, 9.17) is 14.0 Å². The predicted molar refractivity (Wildman–Crippen MR) is 81.8 cm³/mol. The fraction of sp³-hybridized carbons (Fsp3) is 0.625. The third kappa shape index (κ3) is 3.08. The van der Waals surface area contributed by atoms with Crippen molar-refractivity contribution in [3.8, 4) is 0 Å². The minimum atomic E-state index is -0.294. The topological polar surface area (TPSA) is 27.7 Å². The van der Waals surface area contributed by atoms with Gasteiger partial charge in [-0.1, -0.05) is 30.3 Å². The summed E-state index contributed by atoms with van der Waals surface area (Å²) in [6, 6.07) is 10.4. The first kappa shape index (κ1) is 15.6. The van der Waals surface area contributed by atoms with E-state index in [1.54, 1.807) is 7.11 Å². The molecule has 1 aliphatic heterocycles. The smallest absolute Gasteiger partial charge is 0.403 e. The lowest BCUT2D eigenvalue weighted by Crippen LogP contribution is -2.41. The van der Waals surface area contributed by atoms with Crippen LogP contribution in [0, 0.1) is 0 Å². The number of benzene rings is 1. The Morgan fingerprint density at radius 2 is 1.60 bits per heavy atom. The molecule has 4 heteroatoms. The Bertz CT molecular complexity index is 415. The molecule has 1 aromatic carbocycles. The van der Waals surface area contributed by atoms with Gasteiger partial charge in [-0.05, 0) is 39.7 Å². The van der Waals surface area contributed by atoms with E-state index < -0.39 is 0 Å². The molecule has 2 rings (SSSR count). The molecule has 0 unspecified atom stereocenters. The molecular formula is C16H25BO3. The summed E-state index contributed by atoms with van der Waals surface area (Å²) in [4.78, 5) is 0. The van der Waals surface area contributed by atoms with Crippen LogP contribution in [0.1, 0.15) is 45.5 Å². The molecule has 0 aromatic heterocycles. The number of hydrogen-bond donors (Lipinski definition) is 0. The summed E-state index contributed by atoms with van der Waals surface area (Å²) < 4.78 is 17.6. The second kappa shape index (κ2) is 5.88. The lowest BCUT2D eigenvalue weighted by molar-refractivity contribution is 0.00578. The van der Waals surface area contributed by atoms with Crippen LogP contribution in [0.5, 0.6) is 0 Å². The molecule has 110 valence electrons. The van der Waals surface area contributed by atoms with Crippen molar-refractivity contribution in [1.82, 2.24) is 0 Å². The van der Waals surface area contributed by atoms with Gasteiger partial charge in [0.2, 0.25) is 0 Å². The summed E-state index contributed by atoms with van der Waals surface area (Å²) in [6.07, 6.45) is 0.886. The minimum Gasteiger partial charge on any atom is -0.403 e. The fourth-order valence-electron chi connectivity index (χ4n) is 2.46. The van der Waals surface area contributed by atoms with E-state index in [9.17, 15) is 0 Å². The number of hydrogen-bond acceptors (Lipinski definition) is 3. The largest absolute Gasteiger partial charge is 0.465 e. The molecule has 0 N–H and O–H groups in total. The molecule has 20 heavy (non-hydrogen) atoms. The first-order chi connectivity index (χ1) is 9.37. The van der Waals surface area contributed by atoms with E-state index >= 15 is 0 Å². The van der Waals surface area contributed by atoms with Gasteiger partial charge in [-0.2, -0.15) is 0 Å². The Kier molecular flexibility index (Phi) is 4.57. The van der Waals surface area contributed by atoms with Crippen molar-refractivity contribution in [1.29, 1.82) is 0 Å². The summed E-state index contributed by atoms with van der Waals surface area (Å²) in [5, 5.41) is 0. The van der Waals surface area contributed by atoms with E-state index in [1.807, 2.05) is 6.07 Å². The van der Waals surface area contributed by atoms with Gasteiger partial charge in [-0.15, -0.1) is 0 Å². The van der Waals surface area contributed by atoms with Crippen molar-refractivity contribution in [2.75, 3.05) is 13.7 Å². The van der Waals surface area contributed by atoms with Gasteiger partial charge in [-0.25, -0.2) is 0 Å². The van der Waals surface area contributed by atoms with Crippen LogP contribution < -0.4 is 0 Å². The van der Waals surface area contributed by atoms with Crippen molar-refractivity contribution in [3.05, 3.63) is 35.9 Å². The van der Waals surface area contributed by atoms with Crippen molar-refractivity contribution >= 4 is 7.12 Å². The van der Waals surface area contributed by atoms with E-state index in [-0.39, 0.29) is 24.1 Å². The summed E-state index contributed by atoms with van der Waals surface area (Å²) in [7, 11) is 1.50. The lowest BCUT2D eigenvalue weighted by atomic mass is 9.66. The van der Waals surface area contributed by atoms with Crippen LogP contribution in [0.25, 0.3) is 0 Å². The standard InChI is InChI=1S/C16H25BO3/c1-15(2)16(3,4)20-17(19-15)14(11-12-18-5)13-9-7-6-8-10-13/h6-10,14H,11-12H2,1-5H3/t14-/m0/s1. The highest BCUT2D eigenvalue weighted by atomic mass is 16.7. The second-order valence-corrected chi connectivity index (χ2v) is 6.42. The van der Waals surface area contributed by atoms with Crippen molar-refractivity contribution < 1.29 is 14.0 Å². The maximum Gasteiger partial charge on any atom is 0.465 e. The molecule has 0 radical (unpaired) electrons. The van der Waals surface area contributed by atoms with Crippen LogP contribution in [-0.2, 0) is 14.0 Å². The Morgan fingerprint density at radius 1 is 1.05 bits per heavy atom. The summed E-state index contributed by atoms with van der Waals surface area (Å²) in [5.74, 6) is 0.192. The zero-order valence-electron chi connectivity index (χ0n) is 13.2. The summed E-state index contributed by atoms with van der Waals surface area (Å²) >= 11 is 0. The third-order valence-corrected chi connectivity index (χ3v) is 4.46. The molecule has 0 amide bonds. The normalized spacial score (nSPS) is 21.9. The Hall–Kier alpha value is -0.835. The maximum absolute atomic E-state index is 6.20. The van der Waals surface area contributed by atoms with Gasteiger partial charge in [0.05, 0.1) is 11.2 Å². The maximum atomic E-state index is 6.20. The van der Waals surface area contributed by atoms with Crippen LogP contribution in [0.3, 0.4) is 0 Å². The first-order valence-corrected chi connectivity index (χ1v) is 7.27. The molecule has 0 saturated carbocycles. The van der Waals surface area contributed by atoms with Crippen molar-refractivity contribution in [2.24, 2.45) is 0 Å². The van der Waals surface area contributed by atoms with Crippen LogP contribution in [0.15, 0.2) is 30.3 Å². The predicted octanol–water partition coefficient (Wildman–Crippen LogP) is 3.44. The summed E-state index contributed by atoms with van der Waals surface area (Å²) in [6.45, 7) is 9.05. The van der Waals surface area contributed by atoms with Gasteiger partial charge in [-0.3, -0.25) is 0 Å². The molecular weight excluding hydrogens is 251 g/mol. The highest BCUT2D eigenvalue weighted by Crippen LogP contribution is 2.41. The Balaban J connectivity index is 2.21. The third-order valence-electron chi connectivity index (χ3n) is 4.46. The highest BCUT2D eigenvalue weighted by Gasteiger charge is 2.53. The number of rotatable bonds is 5. The van der Waals surface area contributed by atoms with E-state index in [0.717, 1.165) is 6.42 Å². The SMILES string of the molecule is COCC[C@H](B1OC(C)(C)C(C)(C)O1)c1ccccc1. The zero-order valence-corrected chi connectivity index (χ0v) is 13.2. The Morgan fingerprint density at radius 3 is 2.10 bits per heavy atom. The monoisotopic (exact) mass is 276 g/mol. The van der Waals surface area contributed by atoms with Crippen molar-refractivity contribution in [3.63, 3.8) is 0 Å². The van der Waals surface area contributed by atoms with Crippen molar-refractivity contribution in [2.45, 2.75) is 51.1 Å². The molecule has 1 heterocycles. The van der Waals surface area contributed by atoms with Gasteiger partial charge < -0.3 is 14.0 Å². The van der Waals surface area contributed by atoms with Crippen LogP contribution in [-0.4, -0.2) is 32.0 Å². The second-order valence-electron chi connectivity index (χ2n) is 6.42. The molecule has 1 aromatic rings. The van der Waals surface area contributed by atoms with Crippen LogP contribution in [0.2, 0.25) is 0 Å². The van der Waals surface area contributed by atoms with E-state index in [2.05, 4.69) is 52.0 Å². The quantitative estimate of drug-likeness (QED) is 0.771. The van der Waals surface area contributed by atoms with E-state index in [1.165, 1.54) is 5.56 Å². The van der Waals surface area contributed by atoms with Crippen LogP contribution in [0.4, 0.5) is 0 Å². The van der Waals surface area contributed by atoms with Gasteiger partial charge in [0.25, 0.3) is 0 Å². The first-order valence-electron chi connectivity index (χ1n) is 7.27. The lowest BCUT2D eigenvalue weighted by Gasteiger charge is -2.32. The van der Waals surface area contributed by atoms with Crippen LogP contribution >= 0.6 is 0 Å². The molecule has 1 atom stereocenters. The molecule has 0 spiro atoms. The minimum absolute atomic E-state index is 0.192. The summed E-state index contributed by atoms with van der Waals surface area (Å²) in [5.41, 5.74) is 0.651. The number of methoxy groups -OCH3 is 1. The average molecular weight is 276 g/mol. The van der Waals surface area contributed by atoms with Gasteiger partial charge in [0.1, 0.15) is 0 Å². The highest BCUT2D eigenvalue weighted by molar-refractivity contribution is 6.47. The molecule has 0 aliphatic carbocycles. The molecule has 1 saturated heterocycles. The average Bonchev–Trinajstić information content (AvgIpc) is 2.60. The van der Waals surface area contributed by atoms with Gasteiger partial charge >= 0.3 is 7.12 Å². The van der Waals surface area contributed by atoms with Gasteiger partial charge in [0, 0.05) is 19.5 Å². The van der Waals surface area contributed by atoms with Gasteiger partial charge in [0.15, 0.2) is 0 Å². The Labute approximate surface area is 122 Å². The molecule has 1 aliphatic rings. The molecule has 1 fully saturated rings. The fourth-order valence-corrected chi connectivity index (χ4v) is 2.46. The molecule has 3 nitrogen and oxygen atoms in total. The number of ether oxygens (including phenoxy) is 1.